The highest BCUT2D eigenvalue weighted by Gasteiger charge is 2.34. The highest BCUT2D eigenvalue weighted by molar-refractivity contribution is 5.48. The van der Waals surface area contributed by atoms with E-state index in [0.717, 1.165) is 18.9 Å². The fourth-order valence-corrected chi connectivity index (χ4v) is 1.83. The van der Waals surface area contributed by atoms with Gasteiger partial charge >= 0.3 is 0 Å². The van der Waals surface area contributed by atoms with Crippen LogP contribution in [0.4, 0.5) is 11.6 Å². The molecule has 76 valence electrons. The summed E-state index contributed by atoms with van der Waals surface area (Å²) in [4.78, 5) is 6.62. The molecule has 1 aliphatic heterocycles. The van der Waals surface area contributed by atoms with Crippen LogP contribution in [0.3, 0.4) is 0 Å². The fraction of sp³-hybridized carbons (Fsp3) is 0.500. The largest absolute Gasteiger partial charge is 0.355 e. The van der Waals surface area contributed by atoms with Crippen molar-refractivity contribution in [2.75, 3.05) is 23.4 Å². The van der Waals surface area contributed by atoms with Crippen LogP contribution in [0.1, 0.15) is 13.8 Å². The van der Waals surface area contributed by atoms with Crippen molar-refractivity contribution in [2.24, 2.45) is 11.3 Å². The van der Waals surface area contributed by atoms with E-state index in [4.69, 9.17) is 5.84 Å². The Labute approximate surface area is 84.1 Å². The van der Waals surface area contributed by atoms with Gasteiger partial charge in [-0.1, -0.05) is 19.9 Å². The van der Waals surface area contributed by atoms with Crippen LogP contribution in [0.5, 0.6) is 0 Å². The Morgan fingerprint density at radius 1 is 1.43 bits per heavy atom. The number of hydrogen-bond donors (Lipinski definition) is 2. The van der Waals surface area contributed by atoms with Gasteiger partial charge in [0, 0.05) is 13.1 Å². The van der Waals surface area contributed by atoms with Crippen LogP contribution >= 0.6 is 0 Å². The molecule has 4 nitrogen and oxygen atoms in total. The molecule has 3 N–H and O–H groups in total. The molecule has 0 aliphatic carbocycles. The van der Waals surface area contributed by atoms with Crippen LogP contribution in [0, 0.1) is 5.41 Å². The van der Waals surface area contributed by atoms with Crippen molar-refractivity contribution >= 4 is 11.6 Å². The maximum Gasteiger partial charge on any atom is 0.142 e. The summed E-state index contributed by atoms with van der Waals surface area (Å²) in [6, 6.07) is 5.83. The third-order valence-corrected chi connectivity index (χ3v) is 2.44. The number of hydrazine groups is 1. The second-order valence-corrected chi connectivity index (χ2v) is 4.55. The van der Waals surface area contributed by atoms with Gasteiger partial charge in [0.15, 0.2) is 0 Å². The SMILES string of the molecule is CC1(C)CN(c2cccc(NN)n2)C1. The number of pyridine rings is 1. The van der Waals surface area contributed by atoms with Gasteiger partial charge in [-0.15, -0.1) is 0 Å². The van der Waals surface area contributed by atoms with Crippen LogP contribution < -0.4 is 16.2 Å². The second-order valence-electron chi connectivity index (χ2n) is 4.55. The Hall–Kier alpha value is -1.29. The molecule has 0 unspecified atom stereocenters. The van der Waals surface area contributed by atoms with Crippen molar-refractivity contribution < 1.29 is 0 Å². The van der Waals surface area contributed by atoms with E-state index < -0.39 is 0 Å². The van der Waals surface area contributed by atoms with E-state index >= 15 is 0 Å². The maximum atomic E-state index is 5.30. The van der Waals surface area contributed by atoms with E-state index in [-0.39, 0.29) is 0 Å². The van der Waals surface area contributed by atoms with Crippen LogP contribution in [-0.4, -0.2) is 18.1 Å². The number of nitrogens with one attached hydrogen (secondary N) is 1. The molecule has 14 heavy (non-hydrogen) atoms. The van der Waals surface area contributed by atoms with Crippen molar-refractivity contribution in [3.63, 3.8) is 0 Å². The fourth-order valence-electron chi connectivity index (χ4n) is 1.83. The number of hydrogen-bond acceptors (Lipinski definition) is 4. The van der Waals surface area contributed by atoms with Crippen LogP contribution in [0.15, 0.2) is 18.2 Å². The second kappa shape index (κ2) is 3.13. The normalized spacial score (nSPS) is 18.9. The summed E-state index contributed by atoms with van der Waals surface area (Å²) in [6.45, 7) is 6.64. The Morgan fingerprint density at radius 3 is 2.71 bits per heavy atom. The van der Waals surface area contributed by atoms with Gasteiger partial charge in [-0.2, -0.15) is 0 Å². The van der Waals surface area contributed by atoms with Crippen LogP contribution in [0.25, 0.3) is 0 Å². The minimum Gasteiger partial charge on any atom is -0.355 e. The number of rotatable bonds is 2. The maximum absolute atomic E-state index is 5.30. The molecule has 1 aromatic rings. The molecule has 0 amide bonds. The van der Waals surface area contributed by atoms with Gasteiger partial charge in [0.05, 0.1) is 0 Å². The summed E-state index contributed by atoms with van der Waals surface area (Å²) in [5, 5.41) is 0. The quantitative estimate of drug-likeness (QED) is 0.546. The number of aromatic nitrogens is 1. The van der Waals surface area contributed by atoms with Crippen molar-refractivity contribution in [1.29, 1.82) is 0 Å². The molecule has 2 heterocycles. The van der Waals surface area contributed by atoms with E-state index in [2.05, 4.69) is 29.2 Å². The molecule has 0 bridgehead atoms. The van der Waals surface area contributed by atoms with Crippen LogP contribution in [0.2, 0.25) is 0 Å². The summed E-state index contributed by atoms with van der Waals surface area (Å²) in [6.07, 6.45) is 0. The molecule has 4 heteroatoms. The zero-order valence-electron chi connectivity index (χ0n) is 8.62. The van der Waals surface area contributed by atoms with Gasteiger partial charge in [0.1, 0.15) is 11.6 Å². The third kappa shape index (κ3) is 1.65. The predicted molar refractivity (Wildman–Crippen MR) is 58.0 cm³/mol. The summed E-state index contributed by atoms with van der Waals surface area (Å²) in [5.74, 6) is 7.02. The topological polar surface area (TPSA) is 54.2 Å². The summed E-state index contributed by atoms with van der Waals surface area (Å²) >= 11 is 0. The van der Waals surface area contributed by atoms with Gasteiger partial charge < -0.3 is 10.3 Å². The Balaban J connectivity index is 2.11. The number of nitrogens with two attached hydrogens (primary N) is 1. The van der Waals surface area contributed by atoms with Crippen LogP contribution in [-0.2, 0) is 0 Å². The lowest BCUT2D eigenvalue weighted by Crippen LogP contribution is -2.53. The highest BCUT2D eigenvalue weighted by Crippen LogP contribution is 2.32. The number of anilines is 2. The molecule has 0 atom stereocenters. The molecular formula is C10H16N4. The van der Waals surface area contributed by atoms with Gasteiger partial charge in [-0.25, -0.2) is 10.8 Å². The molecule has 0 aromatic carbocycles. The average Bonchev–Trinajstić information content (AvgIpc) is 2.14. The smallest absolute Gasteiger partial charge is 0.142 e. The molecule has 0 spiro atoms. The Bertz CT molecular complexity index is 327. The first kappa shape index (κ1) is 9.27. The predicted octanol–water partition coefficient (Wildman–Crippen LogP) is 1.21. The van der Waals surface area contributed by atoms with Crippen molar-refractivity contribution in [2.45, 2.75) is 13.8 Å². The zero-order valence-corrected chi connectivity index (χ0v) is 8.62. The molecule has 0 saturated carbocycles. The minimum absolute atomic E-state index is 0.424. The lowest BCUT2D eigenvalue weighted by molar-refractivity contribution is 0.274. The molecule has 1 saturated heterocycles. The minimum atomic E-state index is 0.424. The third-order valence-electron chi connectivity index (χ3n) is 2.44. The Kier molecular flexibility index (Phi) is 2.07. The number of nitrogens with zero attached hydrogens (tertiary/aromatic N) is 2. The molecule has 1 aliphatic rings. The zero-order chi connectivity index (χ0) is 10.2. The molecule has 1 fully saturated rings. The first-order valence-electron chi connectivity index (χ1n) is 4.79. The highest BCUT2D eigenvalue weighted by atomic mass is 15.3. The monoisotopic (exact) mass is 192 g/mol. The van der Waals surface area contributed by atoms with Gasteiger partial charge in [0.25, 0.3) is 0 Å². The lowest BCUT2D eigenvalue weighted by Gasteiger charge is -2.46. The first-order chi connectivity index (χ1) is 6.61. The summed E-state index contributed by atoms with van der Waals surface area (Å²) in [7, 11) is 0. The molecule has 0 radical (unpaired) electrons. The number of nitrogen functional groups attached to an aromatic ring is 1. The lowest BCUT2D eigenvalue weighted by atomic mass is 9.84. The van der Waals surface area contributed by atoms with Crippen molar-refractivity contribution in [1.82, 2.24) is 4.98 Å². The van der Waals surface area contributed by atoms with E-state index in [1.807, 2.05) is 18.2 Å². The molecule has 2 rings (SSSR count). The van der Waals surface area contributed by atoms with E-state index in [1.54, 1.807) is 0 Å². The van der Waals surface area contributed by atoms with Gasteiger partial charge in [0.2, 0.25) is 0 Å². The van der Waals surface area contributed by atoms with Gasteiger partial charge in [-0.05, 0) is 17.5 Å². The van der Waals surface area contributed by atoms with Crippen molar-refractivity contribution in [3.8, 4) is 0 Å². The first-order valence-corrected chi connectivity index (χ1v) is 4.79. The van der Waals surface area contributed by atoms with E-state index in [1.165, 1.54) is 0 Å². The van der Waals surface area contributed by atoms with Gasteiger partial charge in [-0.3, -0.25) is 0 Å². The average molecular weight is 192 g/mol. The van der Waals surface area contributed by atoms with E-state index in [9.17, 15) is 0 Å². The standard InChI is InChI=1S/C10H16N4/c1-10(2)6-14(7-10)9-5-3-4-8(12-9)13-11/h3-5H,6-7,11H2,1-2H3,(H,12,13). The summed E-state index contributed by atoms with van der Waals surface area (Å²) < 4.78 is 0. The molecule has 1 aromatic heterocycles. The molecular weight excluding hydrogens is 176 g/mol. The van der Waals surface area contributed by atoms with E-state index in [0.29, 0.717) is 11.2 Å². The van der Waals surface area contributed by atoms with Crippen molar-refractivity contribution in [3.05, 3.63) is 18.2 Å². The summed E-state index contributed by atoms with van der Waals surface area (Å²) in [5.41, 5.74) is 2.98. The Morgan fingerprint density at radius 2 is 2.14 bits per heavy atom.